The Morgan fingerprint density at radius 2 is 1.81 bits per heavy atom. The lowest BCUT2D eigenvalue weighted by Crippen LogP contribution is -2.24. The van der Waals surface area contributed by atoms with E-state index in [2.05, 4.69) is 51.7 Å². The molecule has 0 N–H and O–H groups in total. The molecule has 0 spiro atoms. The number of benzene rings is 1. The van der Waals surface area contributed by atoms with Crippen molar-refractivity contribution >= 4 is 14.1 Å². The normalized spacial score (nSPS) is 14.7. The van der Waals surface area contributed by atoms with Crippen LogP contribution < -0.4 is 0 Å². The summed E-state index contributed by atoms with van der Waals surface area (Å²) in [6.45, 7) is 11.0. The summed E-state index contributed by atoms with van der Waals surface area (Å²) in [7, 11) is -1.50. The molecule has 1 aliphatic carbocycles. The molecule has 0 saturated heterocycles. The lowest BCUT2D eigenvalue weighted by atomic mass is 10.0. The maximum Gasteiger partial charge on any atom is 0.242 e. The molecule has 1 aromatic rings. The van der Waals surface area contributed by atoms with Crippen molar-refractivity contribution < 1.29 is 4.43 Å². The molecular formula is C14H20OSi. The van der Waals surface area contributed by atoms with Gasteiger partial charge in [0.2, 0.25) is 8.32 Å². The van der Waals surface area contributed by atoms with Gasteiger partial charge in [0.15, 0.2) is 0 Å². The van der Waals surface area contributed by atoms with E-state index in [-0.39, 0.29) is 0 Å². The van der Waals surface area contributed by atoms with E-state index in [0.29, 0.717) is 0 Å². The summed E-state index contributed by atoms with van der Waals surface area (Å²) >= 11 is 0. The van der Waals surface area contributed by atoms with E-state index in [4.69, 9.17) is 4.43 Å². The second-order valence-electron chi connectivity index (χ2n) is 5.60. The van der Waals surface area contributed by atoms with Crippen LogP contribution in [0.15, 0.2) is 18.2 Å². The summed E-state index contributed by atoms with van der Waals surface area (Å²) in [5.41, 5.74) is 5.45. The predicted octanol–water partition coefficient (Wildman–Crippen LogP) is 4.05. The molecule has 0 saturated carbocycles. The van der Waals surface area contributed by atoms with Crippen LogP contribution >= 0.6 is 0 Å². The van der Waals surface area contributed by atoms with Crippen molar-refractivity contribution in [3.05, 3.63) is 40.5 Å². The van der Waals surface area contributed by atoms with Gasteiger partial charge in [-0.2, -0.15) is 0 Å². The van der Waals surface area contributed by atoms with Crippen LogP contribution in [0.25, 0.3) is 5.76 Å². The Morgan fingerprint density at radius 3 is 2.44 bits per heavy atom. The molecule has 1 nitrogen and oxygen atoms in total. The fourth-order valence-corrected chi connectivity index (χ4v) is 3.14. The van der Waals surface area contributed by atoms with Crippen LogP contribution in [0.2, 0.25) is 19.6 Å². The zero-order valence-corrected chi connectivity index (χ0v) is 11.8. The topological polar surface area (TPSA) is 9.23 Å². The maximum absolute atomic E-state index is 6.15. The molecule has 2 rings (SSSR count). The van der Waals surface area contributed by atoms with Gasteiger partial charge < -0.3 is 4.43 Å². The molecule has 0 heterocycles. The Morgan fingerprint density at radius 1 is 1.12 bits per heavy atom. The first-order valence-electron chi connectivity index (χ1n) is 5.86. The highest BCUT2D eigenvalue weighted by Crippen LogP contribution is 2.33. The number of allylic oxidation sites excluding steroid dienone is 1. The Hall–Kier alpha value is -1.02. The SMILES string of the molecule is Cc1cc(C)c2c(c1)CC=C2O[Si](C)(C)C. The van der Waals surface area contributed by atoms with Crippen LogP contribution in [0.4, 0.5) is 0 Å². The first kappa shape index (κ1) is 11.5. The fraction of sp³-hybridized carbons (Fsp3) is 0.429. The quantitative estimate of drug-likeness (QED) is 0.699. The smallest absolute Gasteiger partial charge is 0.242 e. The second-order valence-corrected chi connectivity index (χ2v) is 10.0. The third-order valence-corrected chi connectivity index (χ3v) is 3.56. The first-order chi connectivity index (χ1) is 7.37. The molecule has 0 amide bonds. The van der Waals surface area contributed by atoms with Gasteiger partial charge in [0.05, 0.1) is 0 Å². The lowest BCUT2D eigenvalue weighted by Gasteiger charge is -2.22. The van der Waals surface area contributed by atoms with Crippen molar-refractivity contribution in [2.45, 2.75) is 39.9 Å². The summed E-state index contributed by atoms with van der Waals surface area (Å²) in [5, 5.41) is 0. The predicted molar refractivity (Wildman–Crippen MR) is 72.0 cm³/mol. The standard InChI is InChI=1S/C14H20OSi/c1-10-8-11(2)14-12(9-10)6-7-13(14)15-16(3,4)5/h7-9H,6H2,1-5H3. The molecule has 2 heteroatoms. The van der Waals surface area contributed by atoms with Crippen LogP contribution in [0.3, 0.4) is 0 Å². The fourth-order valence-electron chi connectivity index (χ4n) is 2.30. The van der Waals surface area contributed by atoms with Crippen LogP contribution in [-0.2, 0) is 10.8 Å². The van der Waals surface area contributed by atoms with E-state index in [0.717, 1.165) is 12.2 Å². The zero-order valence-electron chi connectivity index (χ0n) is 10.8. The minimum absolute atomic E-state index is 1.03. The van der Waals surface area contributed by atoms with E-state index in [1.807, 2.05) is 0 Å². The largest absolute Gasteiger partial charge is 0.544 e. The minimum Gasteiger partial charge on any atom is -0.544 e. The molecule has 0 radical (unpaired) electrons. The van der Waals surface area contributed by atoms with Crippen molar-refractivity contribution in [1.29, 1.82) is 0 Å². The molecule has 0 fully saturated rings. The van der Waals surface area contributed by atoms with Crippen molar-refractivity contribution in [1.82, 2.24) is 0 Å². The van der Waals surface area contributed by atoms with Crippen LogP contribution in [0.1, 0.15) is 22.3 Å². The number of hydrogen-bond donors (Lipinski definition) is 0. The molecule has 1 aromatic carbocycles. The monoisotopic (exact) mass is 232 g/mol. The number of hydrogen-bond acceptors (Lipinski definition) is 1. The number of rotatable bonds is 2. The van der Waals surface area contributed by atoms with Gasteiger partial charge in [0.25, 0.3) is 0 Å². The molecule has 86 valence electrons. The molecule has 16 heavy (non-hydrogen) atoms. The van der Waals surface area contributed by atoms with Crippen LogP contribution in [0, 0.1) is 13.8 Å². The van der Waals surface area contributed by atoms with E-state index in [9.17, 15) is 0 Å². The maximum atomic E-state index is 6.15. The van der Waals surface area contributed by atoms with Crippen molar-refractivity contribution in [3.8, 4) is 0 Å². The molecule has 0 unspecified atom stereocenters. The van der Waals surface area contributed by atoms with Crippen LogP contribution in [0.5, 0.6) is 0 Å². The molecular weight excluding hydrogens is 212 g/mol. The van der Waals surface area contributed by atoms with Gasteiger partial charge in [0, 0.05) is 5.56 Å². The highest BCUT2D eigenvalue weighted by atomic mass is 28.4. The van der Waals surface area contributed by atoms with Gasteiger partial charge >= 0.3 is 0 Å². The van der Waals surface area contributed by atoms with Gasteiger partial charge in [-0.15, -0.1) is 0 Å². The van der Waals surface area contributed by atoms with Crippen molar-refractivity contribution in [2.24, 2.45) is 0 Å². The third-order valence-electron chi connectivity index (χ3n) is 2.73. The van der Waals surface area contributed by atoms with Gasteiger partial charge in [-0.05, 0) is 57.1 Å². The summed E-state index contributed by atoms with van der Waals surface area (Å²) in [6.07, 6.45) is 3.26. The van der Waals surface area contributed by atoms with E-state index in [1.165, 1.54) is 22.3 Å². The number of fused-ring (bicyclic) bond motifs is 1. The van der Waals surface area contributed by atoms with Crippen LogP contribution in [-0.4, -0.2) is 8.32 Å². The first-order valence-corrected chi connectivity index (χ1v) is 9.27. The lowest BCUT2D eigenvalue weighted by molar-refractivity contribution is 0.515. The van der Waals surface area contributed by atoms with Gasteiger partial charge in [-0.25, -0.2) is 0 Å². The average molecular weight is 232 g/mol. The Balaban J connectivity index is 2.38. The Kier molecular flexibility index (Phi) is 2.70. The Bertz CT molecular complexity index is 453. The minimum atomic E-state index is -1.50. The second kappa shape index (κ2) is 3.77. The molecule has 0 bridgehead atoms. The van der Waals surface area contributed by atoms with Crippen molar-refractivity contribution in [3.63, 3.8) is 0 Å². The summed E-state index contributed by atoms with van der Waals surface area (Å²) in [5.74, 6) is 1.12. The summed E-state index contributed by atoms with van der Waals surface area (Å²) in [6, 6.07) is 4.52. The van der Waals surface area contributed by atoms with Gasteiger partial charge in [-0.1, -0.05) is 17.7 Å². The van der Waals surface area contributed by atoms with E-state index >= 15 is 0 Å². The highest BCUT2D eigenvalue weighted by molar-refractivity contribution is 6.70. The number of aryl methyl sites for hydroxylation is 2. The van der Waals surface area contributed by atoms with Gasteiger partial charge in [-0.3, -0.25) is 0 Å². The molecule has 0 aromatic heterocycles. The molecule has 1 aliphatic rings. The Labute approximate surface area is 99.3 Å². The molecule has 0 aliphatic heterocycles. The molecule has 0 atom stereocenters. The highest BCUT2D eigenvalue weighted by Gasteiger charge is 2.24. The summed E-state index contributed by atoms with van der Waals surface area (Å²) in [4.78, 5) is 0. The van der Waals surface area contributed by atoms with E-state index < -0.39 is 8.32 Å². The van der Waals surface area contributed by atoms with Gasteiger partial charge in [0.1, 0.15) is 5.76 Å². The van der Waals surface area contributed by atoms with E-state index in [1.54, 1.807) is 0 Å². The van der Waals surface area contributed by atoms with Crippen molar-refractivity contribution in [2.75, 3.05) is 0 Å². The zero-order chi connectivity index (χ0) is 11.9. The summed E-state index contributed by atoms with van der Waals surface area (Å²) < 4.78 is 6.15. The average Bonchev–Trinajstić information content (AvgIpc) is 2.44. The third kappa shape index (κ3) is 2.22.